The zero-order valence-corrected chi connectivity index (χ0v) is 12.2. The van der Waals surface area contributed by atoms with Gasteiger partial charge >= 0.3 is 5.97 Å². The van der Waals surface area contributed by atoms with Crippen molar-refractivity contribution in [2.45, 2.75) is 39.4 Å². The van der Waals surface area contributed by atoms with Gasteiger partial charge in [0, 0.05) is 0 Å². The van der Waals surface area contributed by atoms with Crippen LogP contribution >= 0.6 is 0 Å². The maximum absolute atomic E-state index is 10.9. The molecule has 1 heterocycles. The number of carbonyl (C=O) groups excluding carboxylic acids is 1. The van der Waals surface area contributed by atoms with Crippen LogP contribution < -0.4 is 0 Å². The third-order valence-electron chi connectivity index (χ3n) is 2.83. The SMILES string of the molecule is COC(=O)/C=C(\C)OC/C=C(\C)OC[C@H]1OC1(C)C. The third kappa shape index (κ3) is 5.79. The van der Waals surface area contributed by atoms with E-state index in [9.17, 15) is 4.79 Å². The molecular weight excluding hydrogens is 248 g/mol. The molecule has 0 amide bonds. The Bertz CT molecular complexity index is 381. The molecule has 1 atom stereocenters. The van der Waals surface area contributed by atoms with Gasteiger partial charge in [0.15, 0.2) is 0 Å². The molecule has 0 aliphatic carbocycles. The van der Waals surface area contributed by atoms with Crippen LogP contribution in [0.1, 0.15) is 27.7 Å². The summed E-state index contributed by atoms with van der Waals surface area (Å²) >= 11 is 0. The second-order valence-electron chi connectivity index (χ2n) is 4.92. The van der Waals surface area contributed by atoms with Crippen LogP contribution in [-0.4, -0.2) is 38.0 Å². The highest BCUT2D eigenvalue weighted by atomic mass is 16.6. The summed E-state index contributed by atoms with van der Waals surface area (Å²) in [7, 11) is 1.32. The largest absolute Gasteiger partial charge is 0.496 e. The lowest BCUT2D eigenvalue weighted by atomic mass is 10.1. The van der Waals surface area contributed by atoms with Crippen LogP contribution in [0.25, 0.3) is 0 Å². The number of allylic oxidation sites excluding steroid dienone is 2. The number of hydrogen-bond acceptors (Lipinski definition) is 5. The Morgan fingerprint density at radius 3 is 2.42 bits per heavy atom. The van der Waals surface area contributed by atoms with Gasteiger partial charge in [0.1, 0.15) is 25.1 Å². The first-order valence-electron chi connectivity index (χ1n) is 6.21. The first-order chi connectivity index (χ1) is 8.85. The van der Waals surface area contributed by atoms with Gasteiger partial charge in [-0.25, -0.2) is 4.79 Å². The number of epoxide rings is 1. The molecule has 19 heavy (non-hydrogen) atoms. The first-order valence-corrected chi connectivity index (χ1v) is 6.21. The lowest BCUT2D eigenvalue weighted by Crippen LogP contribution is -2.09. The van der Waals surface area contributed by atoms with Crippen molar-refractivity contribution in [2.24, 2.45) is 0 Å². The van der Waals surface area contributed by atoms with Crippen molar-refractivity contribution in [3.8, 4) is 0 Å². The molecule has 1 rings (SSSR count). The Morgan fingerprint density at radius 1 is 1.26 bits per heavy atom. The van der Waals surface area contributed by atoms with E-state index in [1.54, 1.807) is 6.92 Å². The zero-order chi connectivity index (χ0) is 14.5. The predicted molar refractivity (Wildman–Crippen MR) is 70.4 cm³/mol. The summed E-state index contributed by atoms with van der Waals surface area (Å²) < 4.78 is 20.8. The summed E-state index contributed by atoms with van der Waals surface area (Å²) in [6.07, 6.45) is 3.27. The molecule has 5 heteroatoms. The lowest BCUT2D eigenvalue weighted by Gasteiger charge is -2.06. The molecule has 0 N–H and O–H groups in total. The van der Waals surface area contributed by atoms with Gasteiger partial charge in [-0.15, -0.1) is 0 Å². The quantitative estimate of drug-likeness (QED) is 0.307. The Hall–Kier alpha value is -1.49. The van der Waals surface area contributed by atoms with Gasteiger partial charge < -0.3 is 18.9 Å². The molecule has 1 aliphatic rings. The average Bonchev–Trinajstić information content (AvgIpc) is 2.94. The molecule has 0 bridgehead atoms. The van der Waals surface area contributed by atoms with Crippen molar-refractivity contribution in [3.63, 3.8) is 0 Å². The Labute approximate surface area is 114 Å². The van der Waals surface area contributed by atoms with Crippen molar-refractivity contribution >= 4 is 5.97 Å². The van der Waals surface area contributed by atoms with Crippen LogP contribution in [0.4, 0.5) is 0 Å². The van der Waals surface area contributed by atoms with Crippen LogP contribution in [0.5, 0.6) is 0 Å². The molecule has 5 nitrogen and oxygen atoms in total. The zero-order valence-electron chi connectivity index (χ0n) is 12.2. The minimum atomic E-state index is -0.428. The van der Waals surface area contributed by atoms with E-state index < -0.39 is 5.97 Å². The Balaban J connectivity index is 2.21. The lowest BCUT2D eigenvalue weighted by molar-refractivity contribution is -0.135. The normalized spacial score (nSPS) is 21.8. The van der Waals surface area contributed by atoms with Gasteiger partial charge in [-0.1, -0.05) is 0 Å². The molecule has 1 saturated heterocycles. The highest BCUT2D eigenvalue weighted by Crippen LogP contribution is 2.35. The third-order valence-corrected chi connectivity index (χ3v) is 2.83. The average molecular weight is 270 g/mol. The number of hydrogen-bond donors (Lipinski definition) is 0. The topological polar surface area (TPSA) is 57.3 Å². The molecule has 0 radical (unpaired) electrons. The first kappa shape index (κ1) is 15.6. The van der Waals surface area contributed by atoms with E-state index in [4.69, 9.17) is 14.2 Å². The maximum atomic E-state index is 10.9. The molecule has 0 spiro atoms. The van der Waals surface area contributed by atoms with Crippen LogP contribution in [-0.2, 0) is 23.7 Å². The van der Waals surface area contributed by atoms with Crippen molar-refractivity contribution in [1.29, 1.82) is 0 Å². The van der Waals surface area contributed by atoms with E-state index in [1.807, 2.05) is 26.8 Å². The number of esters is 1. The summed E-state index contributed by atoms with van der Waals surface area (Å²) in [4.78, 5) is 10.9. The van der Waals surface area contributed by atoms with Gasteiger partial charge in [0.2, 0.25) is 0 Å². The highest BCUT2D eigenvalue weighted by Gasteiger charge is 2.48. The van der Waals surface area contributed by atoms with Crippen LogP contribution in [0.3, 0.4) is 0 Å². The fourth-order valence-corrected chi connectivity index (χ4v) is 1.39. The van der Waals surface area contributed by atoms with Crippen molar-refractivity contribution in [3.05, 3.63) is 23.7 Å². The molecule has 108 valence electrons. The number of carbonyl (C=O) groups is 1. The van der Waals surface area contributed by atoms with Gasteiger partial charge in [0.25, 0.3) is 0 Å². The highest BCUT2D eigenvalue weighted by molar-refractivity contribution is 5.82. The summed E-state index contributed by atoms with van der Waals surface area (Å²) in [5.74, 6) is 0.849. The van der Waals surface area contributed by atoms with Gasteiger partial charge in [-0.2, -0.15) is 0 Å². The van der Waals surface area contributed by atoms with Crippen molar-refractivity contribution < 1.29 is 23.7 Å². The number of rotatable bonds is 7. The number of ether oxygens (including phenoxy) is 4. The van der Waals surface area contributed by atoms with Crippen molar-refractivity contribution in [2.75, 3.05) is 20.3 Å². The minimum Gasteiger partial charge on any atom is -0.496 e. The fraction of sp³-hybridized carbons (Fsp3) is 0.643. The maximum Gasteiger partial charge on any atom is 0.333 e. The summed E-state index contributed by atoms with van der Waals surface area (Å²) in [5.41, 5.74) is -0.0589. The molecule has 1 aliphatic heterocycles. The molecule has 0 aromatic carbocycles. The molecule has 0 aromatic rings. The second kappa shape index (κ2) is 6.61. The molecule has 0 unspecified atom stereocenters. The monoisotopic (exact) mass is 270 g/mol. The van der Waals surface area contributed by atoms with Gasteiger partial charge in [0.05, 0.1) is 24.5 Å². The van der Waals surface area contributed by atoms with Crippen LogP contribution in [0.2, 0.25) is 0 Å². The van der Waals surface area contributed by atoms with E-state index in [1.165, 1.54) is 13.2 Å². The van der Waals surface area contributed by atoms with E-state index in [0.29, 0.717) is 19.0 Å². The molecular formula is C14H22O5. The summed E-state index contributed by atoms with van der Waals surface area (Å²) in [6.45, 7) is 8.51. The Morgan fingerprint density at radius 2 is 1.89 bits per heavy atom. The van der Waals surface area contributed by atoms with E-state index in [2.05, 4.69) is 4.74 Å². The van der Waals surface area contributed by atoms with Gasteiger partial charge in [-0.05, 0) is 33.8 Å². The summed E-state index contributed by atoms with van der Waals surface area (Å²) in [5, 5.41) is 0. The fourth-order valence-electron chi connectivity index (χ4n) is 1.39. The number of methoxy groups -OCH3 is 1. The van der Waals surface area contributed by atoms with E-state index >= 15 is 0 Å². The standard InChI is InChI=1S/C14H22O5/c1-10(18-9-12-14(3,4)19-12)6-7-17-11(2)8-13(15)16-5/h6,8,12H,7,9H2,1-5H3/b10-6+,11-8+/t12-/m1/s1. The summed E-state index contributed by atoms with van der Waals surface area (Å²) in [6, 6.07) is 0. The molecule has 1 fully saturated rings. The molecule has 0 saturated carbocycles. The van der Waals surface area contributed by atoms with E-state index in [-0.39, 0.29) is 11.7 Å². The van der Waals surface area contributed by atoms with Crippen LogP contribution in [0, 0.1) is 0 Å². The smallest absolute Gasteiger partial charge is 0.333 e. The Kier molecular flexibility index (Phi) is 5.42. The second-order valence-corrected chi connectivity index (χ2v) is 4.92. The minimum absolute atomic E-state index is 0.0589. The van der Waals surface area contributed by atoms with Crippen molar-refractivity contribution in [1.82, 2.24) is 0 Å². The van der Waals surface area contributed by atoms with Gasteiger partial charge in [-0.3, -0.25) is 0 Å². The van der Waals surface area contributed by atoms with E-state index in [0.717, 1.165) is 5.76 Å². The predicted octanol–water partition coefficient (Wildman–Crippen LogP) is 2.18. The molecule has 0 aromatic heterocycles. The van der Waals surface area contributed by atoms with Crippen LogP contribution in [0.15, 0.2) is 23.7 Å².